The molecule has 0 aromatic heterocycles. The largest absolute Gasteiger partial charge is 0.338 e. The Hall–Kier alpha value is -2.14. The van der Waals surface area contributed by atoms with Crippen molar-refractivity contribution in [3.8, 4) is 0 Å². The average molecular weight is 372 g/mol. The zero-order valence-electron chi connectivity index (χ0n) is 15.0. The molecule has 0 spiro atoms. The first-order chi connectivity index (χ1) is 12.5. The number of amides is 1. The number of carbonyl (C=O) groups excluding carboxylic acids is 1. The first kappa shape index (κ1) is 18.6. The molecule has 1 aliphatic rings. The second-order valence-electron chi connectivity index (χ2n) is 6.84. The maximum atomic E-state index is 13.6. The van der Waals surface area contributed by atoms with Gasteiger partial charge in [0.2, 0.25) is 5.91 Å². The van der Waals surface area contributed by atoms with Gasteiger partial charge >= 0.3 is 0 Å². The van der Waals surface area contributed by atoms with Crippen molar-refractivity contribution in [2.75, 3.05) is 18.1 Å². The third kappa shape index (κ3) is 4.15. The molecule has 2 aromatic carbocycles. The van der Waals surface area contributed by atoms with E-state index in [-0.39, 0.29) is 23.5 Å². The van der Waals surface area contributed by atoms with E-state index < -0.39 is 15.8 Å². The minimum absolute atomic E-state index is 0.00801. The van der Waals surface area contributed by atoms with Gasteiger partial charge in [0, 0.05) is 12.6 Å². The van der Waals surface area contributed by atoms with E-state index >= 15 is 0 Å². The van der Waals surface area contributed by atoms with E-state index in [2.05, 4.69) is 0 Å². The van der Waals surface area contributed by atoms with Crippen LogP contribution >= 0.6 is 0 Å². The summed E-state index contributed by atoms with van der Waals surface area (Å²) < 4.78 is 23.9. The standard InChI is InChI=1S/C21H25NO3S/c1-2-14-22(19-13-15-26(24,25)16-19)21(23)20(17-9-5-3-6-10-17)18-11-7-4-8-12-18/h3-12,19-20H,2,13-16H2,1H3. The van der Waals surface area contributed by atoms with E-state index in [0.29, 0.717) is 13.0 Å². The molecule has 26 heavy (non-hydrogen) atoms. The average Bonchev–Trinajstić information content (AvgIpc) is 3.01. The Morgan fingerprint density at radius 1 is 1.04 bits per heavy atom. The fourth-order valence-electron chi connectivity index (χ4n) is 3.67. The Morgan fingerprint density at radius 3 is 2.00 bits per heavy atom. The highest BCUT2D eigenvalue weighted by Gasteiger charge is 2.37. The summed E-state index contributed by atoms with van der Waals surface area (Å²) >= 11 is 0. The van der Waals surface area contributed by atoms with Gasteiger partial charge in [-0.05, 0) is 24.0 Å². The van der Waals surface area contributed by atoms with Crippen molar-refractivity contribution in [1.82, 2.24) is 4.90 Å². The molecule has 1 fully saturated rings. The zero-order chi connectivity index (χ0) is 18.6. The van der Waals surface area contributed by atoms with Gasteiger partial charge in [0.05, 0.1) is 17.4 Å². The molecule has 0 saturated carbocycles. The fourth-order valence-corrected chi connectivity index (χ4v) is 5.40. The Morgan fingerprint density at radius 2 is 1.58 bits per heavy atom. The molecule has 2 aromatic rings. The highest BCUT2D eigenvalue weighted by molar-refractivity contribution is 7.91. The van der Waals surface area contributed by atoms with Crippen LogP contribution in [0.3, 0.4) is 0 Å². The highest BCUT2D eigenvalue weighted by Crippen LogP contribution is 2.29. The summed E-state index contributed by atoms with van der Waals surface area (Å²) in [6.07, 6.45) is 1.34. The minimum atomic E-state index is -3.04. The van der Waals surface area contributed by atoms with E-state index in [1.807, 2.05) is 67.6 Å². The van der Waals surface area contributed by atoms with Crippen LogP contribution in [0.1, 0.15) is 36.8 Å². The van der Waals surface area contributed by atoms with E-state index in [1.165, 1.54) is 0 Å². The predicted molar refractivity (Wildman–Crippen MR) is 104 cm³/mol. The summed E-state index contributed by atoms with van der Waals surface area (Å²) in [6.45, 7) is 2.60. The van der Waals surface area contributed by atoms with E-state index in [4.69, 9.17) is 0 Å². The third-order valence-electron chi connectivity index (χ3n) is 4.91. The van der Waals surface area contributed by atoms with E-state index in [0.717, 1.165) is 17.5 Å². The summed E-state index contributed by atoms with van der Waals surface area (Å²) in [5.74, 6) is -0.166. The smallest absolute Gasteiger partial charge is 0.234 e. The second-order valence-corrected chi connectivity index (χ2v) is 9.07. The van der Waals surface area contributed by atoms with Gasteiger partial charge in [-0.3, -0.25) is 4.79 Å². The lowest BCUT2D eigenvalue weighted by molar-refractivity contribution is -0.133. The second kappa shape index (κ2) is 8.04. The molecule has 1 heterocycles. The van der Waals surface area contributed by atoms with Crippen molar-refractivity contribution in [3.63, 3.8) is 0 Å². The molecular weight excluding hydrogens is 346 g/mol. The van der Waals surface area contributed by atoms with Crippen LogP contribution < -0.4 is 0 Å². The quantitative estimate of drug-likeness (QED) is 0.783. The predicted octanol–water partition coefficient (Wildman–Crippen LogP) is 3.24. The van der Waals surface area contributed by atoms with Gasteiger partial charge in [-0.15, -0.1) is 0 Å². The van der Waals surface area contributed by atoms with Crippen molar-refractivity contribution < 1.29 is 13.2 Å². The van der Waals surface area contributed by atoms with Crippen molar-refractivity contribution >= 4 is 15.7 Å². The van der Waals surface area contributed by atoms with Crippen LogP contribution in [0.25, 0.3) is 0 Å². The maximum Gasteiger partial charge on any atom is 0.234 e. The normalized spacial score (nSPS) is 18.8. The van der Waals surface area contributed by atoms with Gasteiger partial charge in [0.15, 0.2) is 9.84 Å². The third-order valence-corrected chi connectivity index (χ3v) is 6.66. The number of nitrogens with zero attached hydrogens (tertiary/aromatic N) is 1. The van der Waals surface area contributed by atoms with Gasteiger partial charge in [0.25, 0.3) is 0 Å². The maximum absolute atomic E-state index is 13.6. The van der Waals surface area contributed by atoms with Crippen LogP contribution in [0.5, 0.6) is 0 Å². The lowest BCUT2D eigenvalue weighted by Crippen LogP contribution is -2.44. The molecule has 138 valence electrons. The number of sulfone groups is 1. The SMILES string of the molecule is CCCN(C(=O)C(c1ccccc1)c1ccccc1)C1CCS(=O)(=O)C1. The van der Waals surface area contributed by atoms with Gasteiger partial charge in [-0.1, -0.05) is 67.6 Å². The molecule has 1 unspecified atom stereocenters. The molecule has 0 aliphatic carbocycles. The number of carbonyl (C=O) groups is 1. The van der Waals surface area contributed by atoms with Crippen LogP contribution in [0.4, 0.5) is 0 Å². The molecule has 1 saturated heterocycles. The summed E-state index contributed by atoms with van der Waals surface area (Å²) in [4.78, 5) is 15.4. The van der Waals surface area contributed by atoms with Crippen molar-refractivity contribution in [1.29, 1.82) is 0 Å². The van der Waals surface area contributed by atoms with Crippen LogP contribution in [0.2, 0.25) is 0 Å². The zero-order valence-corrected chi connectivity index (χ0v) is 15.9. The minimum Gasteiger partial charge on any atom is -0.338 e. The lowest BCUT2D eigenvalue weighted by Gasteiger charge is -2.32. The molecule has 1 amide bonds. The van der Waals surface area contributed by atoms with Crippen LogP contribution in [-0.2, 0) is 14.6 Å². The van der Waals surface area contributed by atoms with Gasteiger partial charge in [0.1, 0.15) is 0 Å². The monoisotopic (exact) mass is 371 g/mol. The summed E-state index contributed by atoms with van der Waals surface area (Å²) in [7, 11) is -3.04. The van der Waals surface area contributed by atoms with Crippen molar-refractivity contribution in [2.24, 2.45) is 0 Å². The topological polar surface area (TPSA) is 54.5 Å². The molecule has 0 N–H and O–H groups in total. The van der Waals surface area contributed by atoms with E-state index in [1.54, 1.807) is 4.90 Å². The van der Waals surface area contributed by atoms with Crippen molar-refractivity contribution in [3.05, 3.63) is 71.8 Å². The summed E-state index contributed by atoms with van der Waals surface area (Å²) in [6, 6.07) is 19.2. The Kier molecular flexibility index (Phi) is 5.77. The fraction of sp³-hybridized carbons (Fsp3) is 0.381. The molecule has 4 nitrogen and oxygen atoms in total. The lowest BCUT2D eigenvalue weighted by atomic mass is 9.89. The molecule has 1 aliphatic heterocycles. The van der Waals surface area contributed by atoms with Crippen molar-refractivity contribution in [2.45, 2.75) is 31.7 Å². The number of rotatable bonds is 6. The van der Waals surface area contributed by atoms with Crippen LogP contribution in [-0.4, -0.2) is 43.3 Å². The molecule has 1 atom stereocenters. The first-order valence-corrected chi connectivity index (χ1v) is 10.9. The van der Waals surface area contributed by atoms with Gasteiger partial charge in [-0.2, -0.15) is 0 Å². The van der Waals surface area contributed by atoms with Crippen LogP contribution in [0, 0.1) is 0 Å². The molecule has 3 rings (SSSR count). The van der Waals surface area contributed by atoms with Gasteiger partial charge in [-0.25, -0.2) is 8.42 Å². The Bertz CT molecular complexity index is 795. The molecule has 5 heteroatoms. The molecule has 0 radical (unpaired) electrons. The summed E-state index contributed by atoms with van der Waals surface area (Å²) in [5, 5.41) is 0. The van der Waals surface area contributed by atoms with E-state index in [9.17, 15) is 13.2 Å². The Labute approximate surface area is 155 Å². The van der Waals surface area contributed by atoms with Gasteiger partial charge < -0.3 is 4.90 Å². The highest BCUT2D eigenvalue weighted by atomic mass is 32.2. The number of benzene rings is 2. The summed E-state index contributed by atoms with van der Waals surface area (Å²) in [5.41, 5.74) is 1.87. The number of hydrogen-bond acceptors (Lipinski definition) is 3. The Balaban J connectivity index is 1.97. The number of hydrogen-bond donors (Lipinski definition) is 0. The molecule has 0 bridgehead atoms. The molecular formula is C21H25NO3S. The van der Waals surface area contributed by atoms with Crippen LogP contribution in [0.15, 0.2) is 60.7 Å². The first-order valence-electron chi connectivity index (χ1n) is 9.12.